The largest absolute Gasteiger partial charge is 0.501 e. The van der Waals surface area contributed by atoms with Gasteiger partial charge in [0, 0.05) is 32.6 Å². The molecule has 1 unspecified atom stereocenters. The van der Waals surface area contributed by atoms with E-state index in [0.717, 1.165) is 0 Å². The summed E-state index contributed by atoms with van der Waals surface area (Å²) < 4.78 is 27.7. The number of hydrogen-bond donors (Lipinski definition) is 3. The maximum Gasteiger partial charge on any atom is 0.311 e. The Morgan fingerprint density at radius 1 is 1.08 bits per heavy atom. The van der Waals surface area contributed by atoms with Gasteiger partial charge in [-0.1, -0.05) is 12.1 Å². The number of aromatic hydroxyl groups is 1. The molecule has 1 aromatic carbocycles. The highest BCUT2D eigenvalue weighted by Gasteiger charge is 2.30. The number of hydrogen-bond acceptors (Lipinski definition) is 6. The summed E-state index contributed by atoms with van der Waals surface area (Å²) >= 11 is 0. The number of nitrogens with one attached hydrogen (secondary N) is 2. The zero-order chi connectivity index (χ0) is 25.8. The van der Waals surface area contributed by atoms with Crippen molar-refractivity contribution in [3.8, 4) is 5.75 Å². The van der Waals surface area contributed by atoms with Gasteiger partial charge in [-0.3, -0.25) is 23.7 Å². The Kier molecular flexibility index (Phi) is 7.61. The van der Waals surface area contributed by atoms with Gasteiger partial charge in [0.05, 0.1) is 6.54 Å². The highest BCUT2D eigenvalue weighted by atomic mass is 19.1. The molecule has 3 N–H and O–H groups in total. The standard InChI is InChI=1S/C24H27F2N5O5/c25-16-4-1-14(2-5-16)11-27-21(33)19-20(32)23(35)31-10-7-15(3-6-18(31)29-19)12-28-22(34)24(36)30-9-8-17(26)13-30/h1-2,4-5,15,17,32H,3,6-13H2,(H,27,33)(H,28,34)/t15?,17-/m1/s1. The second-order valence-electron chi connectivity index (χ2n) is 9.03. The van der Waals surface area contributed by atoms with Gasteiger partial charge in [0.25, 0.3) is 11.5 Å². The first kappa shape index (κ1) is 25.3. The molecule has 0 bridgehead atoms. The van der Waals surface area contributed by atoms with E-state index in [2.05, 4.69) is 15.6 Å². The summed E-state index contributed by atoms with van der Waals surface area (Å²) in [5, 5.41) is 15.5. The number of rotatable bonds is 5. The van der Waals surface area contributed by atoms with Crippen molar-refractivity contribution in [1.29, 1.82) is 0 Å². The monoisotopic (exact) mass is 503 g/mol. The van der Waals surface area contributed by atoms with E-state index in [9.17, 15) is 33.1 Å². The SMILES string of the molecule is O=C(NCC1CCc2nc(C(=O)NCc3ccc(F)cc3)c(O)c(=O)n2CC1)C(=O)N1CC[C@@H](F)C1. The van der Waals surface area contributed by atoms with E-state index >= 15 is 0 Å². The molecule has 12 heteroatoms. The Bertz CT molecular complexity index is 1220. The van der Waals surface area contributed by atoms with E-state index in [1.165, 1.54) is 33.7 Å². The Labute approximate surface area is 205 Å². The molecule has 2 aromatic rings. The molecular weight excluding hydrogens is 476 g/mol. The van der Waals surface area contributed by atoms with Crippen LogP contribution >= 0.6 is 0 Å². The normalized spacial score (nSPS) is 19.3. The first-order valence-electron chi connectivity index (χ1n) is 11.8. The highest BCUT2D eigenvalue weighted by molar-refractivity contribution is 6.35. The Morgan fingerprint density at radius 2 is 1.83 bits per heavy atom. The zero-order valence-electron chi connectivity index (χ0n) is 19.5. The molecule has 3 heterocycles. The van der Waals surface area contributed by atoms with Crippen LogP contribution in [-0.4, -0.2) is 63.1 Å². The predicted octanol–water partition coefficient (Wildman–Crippen LogP) is 0.657. The van der Waals surface area contributed by atoms with Crippen LogP contribution in [0.4, 0.5) is 8.78 Å². The maximum atomic E-state index is 13.3. The van der Waals surface area contributed by atoms with Crippen molar-refractivity contribution in [3.05, 3.63) is 57.5 Å². The molecule has 0 aliphatic carbocycles. The summed E-state index contributed by atoms with van der Waals surface area (Å²) in [5.41, 5.74) is -0.488. The van der Waals surface area contributed by atoms with Crippen LogP contribution in [0, 0.1) is 11.7 Å². The first-order chi connectivity index (χ1) is 17.2. The summed E-state index contributed by atoms with van der Waals surface area (Å²) in [7, 11) is 0. The third-order valence-electron chi connectivity index (χ3n) is 6.51. The van der Waals surface area contributed by atoms with Gasteiger partial charge in [-0.25, -0.2) is 13.8 Å². The van der Waals surface area contributed by atoms with Crippen molar-refractivity contribution in [1.82, 2.24) is 25.1 Å². The Hall–Kier alpha value is -3.83. The number of alkyl halides is 1. The summed E-state index contributed by atoms with van der Waals surface area (Å²) in [6, 6.07) is 5.52. The number of aromatic nitrogens is 2. The van der Waals surface area contributed by atoms with Gasteiger partial charge < -0.3 is 20.6 Å². The molecule has 3 amide bonds. The van der Waals surface area contributed by atoms with E-state index in [-0.39, 0.29) is 50.8 Å². The van der Waals surface area contributed by atoms with Crippen LogP contribution in [-0.2, 0) is 29.1 Å². The van der Waals surface area contributed by atoms with Crippen molar-refractivity contribution in [2.75, 3.05) is 19.6 Å². The van der Waals surface area contributed by atoms with Gasteiger partial charge in [0.1, 0.15) is 17.8 Å². The number of aryl methyl sites for hydroxylation is 1. The van der Waals surface area contributed by atoms with Crippen LogP contribution in [0.3, 0.4) is 0 Å². The molecule has 1 aromatic heterocycles. The molecule has 2 aliphatic heterocycles. The van der Waals surface area contributed by atoms with Crippen LogP contribution in [0.25, 0.3) is 0 Å². The fraction of sp³-hybridized carbons (Fsp3) is 0.458. The Balaban J connectivity index is 1.36. The Morgan fingerprint density at radius 3 is 2.53 bits per heavy atom. The summed E-state index contributed by atoms with van der Waals surface area (Å²) in [4.78, 5) is 55.1. The fourth-order valence-corrected chi connectivity index (χ4v) is 4.39. The number of fused-ring (bicyclic) bond motifs is 1. The van der Waals surface area contributed by atoms with Crippen LogP contribution in [0.5, 0.6) is 5.75 Å². The molecule has 192 valence electrons. The number of benzene rings is 1. The van der Waals surface area contributed by atoms with E-state index in [0.29, 0.717) is 30.7 Å². The number of carbonyl (C=O) groups is 3. The molecule has 0 spiro atoms. The van der Waals surface area contributed by atoms with Gasteiger partial charge in [-0.15, -0.1) is 0 Å². The van der Waals surface area contributed by atoms with Gasteiger partial charge in [-0.05, 0) is 42.9 Å². The topological polar surface area (TPSA) is 134 Å². The molecular formula is C24H27F2N5O5. The van der Waals surface area contributed by atoms with Gasteiger partial charge in [-0.2, -0.15) is 0 Å². The van der Waals surface area contributed by atoms with Crippen molar-refractivity contribution in [2.24, 2.45) is 5.92 Å². The minimum atomic E-state index is -1.11. The zero-order valence-corrected chi connectivity index (χ0v) is 19.5. The number of nitrogens with zero attached hydrogens (tertiary/aromatic N) is 3. The summed E-state index contributed by atoms with van der Waals surface area (Å²) in [6.45, 7) is 0.600. The van der Waals surface area contributed by atoms with Gasteiger partial charge in [0.2, 0.25) is 5.75 Å². The number of carbonyl (C=O) groups excluding carboxylic acids is 3. The first-order valence-corrected chi connectivity index (χ1v) is 11.8. The molecule has 0 radical (unpaired) electrons. The highest BCUT2D eigenvalue weighted by Crippen LogP contribution is 2.20. The third kappa shape index (κ3) is 5.69. The molecule has 0 saturated carbocycles. The molecule has 10 nitrogen and oxygen atoms in total. The van der Waals surface area contributed by atoms with E-state index in [1.54, 1.807) is 0 Å². The number of halogens is 2. The minimum absolute atomic E-state index is 0.0581. The number of amides is 3. The van der Waals surface area contributed by atoms with Crippen molar-refractivity contribution >= 4 is 17.7 Å². The van der Waals surface area contributed by atoms with Crippen molar-refractivity contribution in [3.63, 3.8) is 0 Å². The van der Waals surface area contributed by atoms with Gasteiger partial charge in [0.15, 0.2) is 5.69 Å². The molecule has 36 heavy (non-hydrogen) atoms. The van der Waals surface area contributed by atoms with Crippen molar-refractivity contribution in [2.45, 2.75) is 44.9 Å². The lowest BCUT2D eigenvalue weighted by molar-refractivity contribution is -0.145. The van der Waals surface area contributed by atoms with Crippen LogP contribution in [0.2, 0.25) is 0 Å². The van der Waals surface area contributed by atoms with Crippen LogP contribution in [0.1, 0.15) is 41.1 Å². The third-order valence-corrected chi connectivity index (χ3v) is 6.51. The van der Waals surface area contributed by atoms with E-state index in [4.69, 9.17) is 0 Å². The average Bonchev–Trinajstić information content (AvgIpc) is 3.20. The maximum absolute atomic E-state index is 13.3. The average molecular weight is 504 g/mol. The molecule has 4 rings (SSSR count). The summed E-state index contributed by atoms with van der Waals surface area (Å²) in [5.74, 6) is -3.20. The van der Waals surface area contributed by atoms with Crippen LogP contribution in [0.15, 0.2) is 29.1 Å². The van der Waals surface area contributed by atoms with Crippen molar-refractivity contribution < 1.29 is 28.3 Å². The van der Waals surface area contributed by atoms with E-state index in [1.807, 2.05) is 0 Å². The fourth-order valence-electron chi connectivity index (χ4n) is 4.39. The quantitative estimate of drug-likeness (QED) is 0.514. The van der Waals surface area contributed by atoms with Gasteiger partial charge >= 0.3 is 11.8 Å². The summed E-state index contributed by atoms with van der Waals surface area (Å²) in [6.07, 6.45) is 0.436. The molecule has 2 atom stereocenters. The smallest absolute Gasteiger partial charge is 0.311 e. The lowest BCUT2D eigenvalue weighted by Crippen LogP contribution is -2.43. The predicted molar refractivity (Wildman–Crippen MR) is 123 cm³/mol. The minimum Gasteiger partial charge on any atom is -0.501 e. The van der Waals surface area contributed by atoms with Crippen LogP contribution < -0.4 is 16.2 Å². The second-order valence-corrected chi connectivity index (χ2v) is 9.03. The second kappa shape index (κ2) is 10.8. The number of likely N-dealkylation sites (tertiary alicyclic amines) is 1. The lowest BCUT2D eigenvalue weighted by atomic mass is 10.0. The molecule has 2 aliphatic rings. The molecule has 1 fully saturated rings. The molecule has 1 saturated heterocycles. The lowest BCUT2D eigenvalue weighted by Gasteiger charge is -2.17. The van der Waals surface area contributed by atoms with E-state index < -0.39 is 41.0 Å².